The first-order valence-corrected chi connectivity index (χ1v) is 9.00. The molecule has 0 aromatic carbocycles. The Morgan fingerprint density at radius 1 is 1.21 bits per heavy atom. The van der Waals surface area contributed by atoms with Gasteiger partial charge in [-0.25, -0.2) is 9.97 Å². The molecule has 4 heterocycles. The summed E-state index contributed by atoms with van der Waals surface area (Å²) in [5, 5.41) is 8.28. The normalized spacial score (nSPS) is 17.9. The van der Waals surface area contributed by atoms with Crippen LogP contribution in [0.25, 0.3) is 5.65 Å². The van der Waals surface area contributed by atoms with Gasteiger partial charge in [0.15, 0.2) is 5.82 Å². The highest BCUT2D eigenvalue weighted by atomic mass is 19.4. The number of pyridine rings is 1. The summed E-state index contributed by atoms with van der Waals surface area (Å²) in [6.45, 7) is 3.44. The lowest BCUT2D eigenvalue weighted by Gasteiger charge is -2.33. The lowest BCUT2D eigenvalue weighted by Crippen LogP contribution is -2.38. The van der Waals surface area contributed by atoms with E-state index in [0.29, 0.717) is 12.2 Å². The van der Waals surface area contributed by atoms with Crippen molar-refractivity contribution in [1.29, 1.82) is 0 Å². The lowest BCUT2D eigenvalue weighted by atomic mass is 9.99. The molecule has 1 aliphatic heterocycles. The lowest BCUT2D eigenvalue weighted by molar-refractivity contribution is -0.139. The van der Waals surface area contributed by atoms with Crippen LogP contribution in [0.3, 0.4) is 0 Å². The zero-order valence-electron chi connectivity index (χ0n) is 15.2. The van der Waals surface area contributed by atoms with Gasteiger partial charge in [0.1, 0.15) is 11.4 Å². The number of alkyl halides is 3. The molecule has 0 bridgehead atoms. The third kappa shape index (κ3) is 3.58. The largest absolute Gasteiger partial charge is 0.477 e. The Labute approximate surface area is 159 Å². The molecule has 1 aliphatic rings. The molecule has 0 spiro atoms. The number of hydrogen-bond acceptors (Lipinski definition) is 6. The maximum Gasteiger partial charge on any atom is 0.421 e. The van der Waals surface area contributed by atoms with Crippen LogP contribution in [-0.4, -0.2) is 44.3 Å². The molecule has 0 saturated carbocycles. The number of aromatic nitrogens is 5. The van der Waals surface area contributed by atoms with Crippen LogP contribution in [0.2, 0.25) is 0 Å². The molecule has 1 fully saturated rings. The molecule has 0 amide bonds. The maximum atomic E-state index is 13.1. The number of anilines is 1. The number of nitrogens with zero attached hydrogens (tertiary/aromatic N) is 6. The van der Waals surface area contributed by atoms with E-state index in [4.69, 9.17) is 4.74 Å². The van der Waals surface area contributed by atoms with Gasteiger partial charge in [0.05, 0.1) is 6.61 Å². The second-order valence-electron chi connectivity index (χ2n) is 6.81. The molecule has 1 saturated heterocycles. The van der Waals surface area contributed by atoms with Crippen molar-refractivity contribution in [3.05, 3.63) is 42.1 Å². The topological polar surface area (TPSA) is 68.4 Å². The van der Waals surface area contributed by atoms with Crippen molar-refractivity contribution in [3.63, 3.8) is 0 Å². The highest BCUT2D eigenvalue weighted by molar-refractivity contribution is 5.63. The highest BCUT2D eigenvalue weighted by Crippen LogP contribution is 2.35. The molecule has 148 valence electrons. The number of piperidine rings is 1. The minimum atomic E-state index is -4.49. The van der Waals surface area contributed by atoms with Crippen LogP contribution in [0.1, 0.15) is 24.2 Å². The second-order valence-corrected chi connectivity index (χ2v) is 6.81. The van der Waals surface area contributed by atoms with Crippen LogP contribution in [-0.2, 0) is 6.18 Å². The van der Waals surface area contributed by atoms with Crippen molar-refractivity contribution in [2.24, 2.45) is 5.92 Å². The van der Waals surface area contributed by atoms with Gasteiger partial charge >= 0.3 is 6.18 Å². The van der Waals surface area contributed by atoms with E-state index in [2.05, 4.69) is 25.1 Å². The van der Waals surface area contributed by atoms with Crippen LogP contribution >= 0.6 is 0 Å². The molecule has 3 aromatic rings. The predicted molar refractivity (Wildman–Crippen MR) is 95.2 cm³/mol. The second kappa shape index (κ2) is 7.25. The summed E-state index contributed by atoms with van der Waals surface area (Å²) < 4.78 is 46.6. The fourth-order valence-electron chi connectivity index (χ4n) is 3.46. The van der Waals surface area contributed by atoms with E-state index < -0.39 is 11.7 Å². The SMILES string of the molecule is Cc1nnc2c(N3CCCC(COc4ncccc4C(F)(F)F)C3)nccn12. The predicted octanol–water partition coefficient (Wildman–Crippen LogP) is 3.14. The molecule has 0 radical (unpaired) electrons. The Balaban J connectivity index is 1.48. The average molecular weight is 392 g/mol. The Kier molecular flexibility index (Phi) is 4.78. The van der Waals surface area contributed by atoms with Gasteiger partial charge in [-0.15, -0.1) is 10.2 Å². The molecule has 1 unspecified atom stereocenters. The number of ether oxygens (including phenoxy) is 1. The molecule has 0 N–H and O–H groups in total. The number of halogens is 3. The van der Waals surface area contributed by atoms with Gasteiger partial charge in [-0.05, 0) is 31.9 Å². The minimum absolute atomic E-state index is 0.0583. The summed E-state index contributed by atoms with van der Waals surface area (Å²) in [4.78, 5) is 10.3. The fourth-order valence-corrected chi connectivity index (χ4v) is 3.46. The molecular weight excluding hydrogens is 373 g/mol. The number of aryl methyl sites for hydroxylation is 1. The van der Waals surface area contributed by atoms with E-state index in [1.54, 1.807) is 12.4 Å². The van der Waals surface area contributed by atoms with E-state index in [-0.39, 0.29) is 18.4 Å². The average Bonchev–Trinajstić information content (AvgIpc) is 3.07. The van der Waals surface area contributed by atoms with Gasteiger partial charge in [0.25, 0.3) is 0 Å². The quantitative estimate of drug-likeness (QED) is 0.680. The molecular formula is C18H19F3N6O. The monoisotopic (exact) mass is 392 g/mol. The van der Waals surface area contributed by atoms with Crippen LogP contribution in [0.15, 0.2) is 30.7 Å². The Morgan fingerprint density at radius 2 is 2.07 bits per heavy atom. The molecule has 0 aliphatic carbocycles. The van der Waals surface area contributed by atoms with Crippen molar-refractivity contribution in [2.45, 2.75) is 25.9 Å². The van der Waals surface area contributed by atoms with Gasteiger partial charge in [-0.3, -0.25) is 4.40 Å². The van der Waals surface area contributed by atoms with Gasteiger partial charge in [-0.2, -0.15) is 13.2 Å². The van der Waals surface area contributed by atoms with Crippen molar-refractivity contribution in [2.75, 3.05) is 24.6 Å². The smallest absolute Gasteiger partial charge is 0.421 e. The zero-order chi connectivity index (χ0) is 19.7. The summed E-state index contributed by atoms with van der Waals surface area (Å²) in [6.07, 6.45) is 2.06. The molecule has 28 heavy (non-hydrogen) atoms. The Morgan fingerprint density at radius 3 is 2.89 bits per heavy atom. The summed E-state index contributed by atoms with van der Waals surface area (Å²) in [6, 6.07) is 2.23. The van der Waals surface area contributed by atoms with Crippen LogP contribution < -0.4 is 9.64 Å². The third-order valence-electron chi connectivity index (χ3n) is 4.83. The Hall–Kier alpha value is -2.91. The first kappa shape index (κ1) is 18.5. The highest BCUT2D eigenvalue weighted by Gasteiger charge is 2.35. The van der Waals surface area contributed by atoms with Crippen molar-refractivity contribution in [3.8, 4) is 5.88 Å². The zero-order valence-corrected chi connectivity index (χ0v) is 15.2. The van der Waals surface area contributed by atoms with E-state index in [1.807, 2.05) is 11.3 Å². The number of fused-ring (bicyclic) bond motifs is 1. The van der Waals surface area contributed by atoms with Crippen LogP contribution in [0.4, 0.5) is 19.0 Å². The van der Waals surface area contributed by atoms with Gasteiger partial charge < -0.3 is 9.64 Å². The summed E-state index contributed by atoms with van der Waals surface area (Å²) in [7, 11) is 0. The third-order valence-corrected chi connectivity index (χ3v) is 4.83. The first-order valence-electron chi connectivity index (χ1n) is 9.00. The molecule has 7 nitrogen and oxygen atoms in total. The molecule has 3 aromatic heterocycles. The van der Waals surface area contributed by atoms with E-state index in [0.717, 1.165) is 37.1 Å². The van der Waals surface area contributed by atoms with Crippen molar-refractivity contribution < 1.29 is 17.9 Å². The van der Waals surface area contributed by atoms with E-state index in [9.17, 15) is 13.2 Å². The number of hydrogen-bond donors (Lipinski definition) is 0. The summed E-state index contributed by atoms with van der Waals surface area (Å²) in [5.74, 6) is 1.18. The Bertz CT molecular complexity index is 973. The van der Waals surface area contributed by atoms with Crippen LogP contribution in [0, 0.1) is 12.8 Å². The van der Waals surface area contributed by atoms with E-state index >= 15 is 0 Å². The van der Waals surface area contributed by atoms with Gasteiger partial charge in [0.2, 0.25) is 11.5 Å². The van der Waals surface area contributed by atoms with Gasteiger partial charge in [0, 0.05) is 37.6 Å². The first-order chi connectivity index (χ1) is 13.4. The minimum Gasteiger partial charge on any atom is -0.477 e. The van der Waals surface area contributed by atoms with Crippen LogP contribution in [0.5, 0.6) is 5.88 Å². The van der Waals surface area contributed by atoms with Crippen molar-refractivity contribution in [1.82, 2.24) is 24.6 Å². The van der Waals surface area contributed by atoms with E-state index in [1.165, 1.54) is 12.3 Å². The summed E-state index contributed by atoms with van der Waals surface area (Å²) in [5.41, 5.74) is -0.182. The maximum absolute atomic E-state index is 13.1. The fraction of sp³-hybridized carbons (Fsp3) is 0.444. The van der Waals surface area contributed by atoms with Gasteiger partial charge in [-0.1, -0.05) is 0 Å². The molecule has 4 rings (SSSR count). The summed E-state index contributed by atoms with van der Waals surface area (Å²) >= 11 is 0. The molecule has 10 heteroatoms. The number of rotatable bonds is 4. The van der Waals surface area contributed by atoms with Crippen molar-refractivity contribution >= 4 is 11.5 Å². The molecule has 1 atom stereocenters. The standard InChI is InChI=1S/C18H19F3N6O/c1-12-24-25-16-15(22-7-9-27(12)16)26-8-3-4-13(10-26)11-28-17-14(18(19,20)21)5-2-6-23-17/h2,5-7,9,13H,3-4,8,10-11H2,1H3.